The van der Waals surface area contributed by atoms with Gasteiger partial charge in [-0.3, -0.25) is 24.5 Å². The molecule has 1 aromatic rings. The van der Waals surface area contributed by atoms with Gasteiger partial charge in [-0.15, -0.1) is 0 Å². The fourth-order valence-corrected chi connectivity index (χ4v) is 2.48. The summed E-state index contributed by atoms with van der Waals surface area (Å²) in [6.07, 6.45) is 6.07. The molecule has 1 aromatic carbocycles. The van der Waals surface area contributed by atoms with E-state index in [0.29, 0.717) is 12.0 Å². The summed E-state index contributed by atoms with van der Waals surface area (Å²) in [5.74, 6) is -1.27. The summed E-state index contributed by atoms with van der Waals surface area (Å²) in [4.78, 5) is 48.2. The van der Waals surface area contributed by atoms with E-state index in [1.165, 1.54) is 43.7 Å². The van der Waals surface area contributed by atoms with E-state index >= 15 is 0 Å². The first-order valence-corrected chi connectivity index (χ1v) is 12.5. The van der Waals surface area contributed by atoms with Crippen molar-refractivity contribution >= 4 is 29.7 Å². The van der Waals surface area contributed by atoms with E-state index < -0.39 is 17.9 Å². The Kier molecular flexibility index (Phi) is 29.3. The molecule has 204 valence electrons. The van der Waals surface area contributed by atoms with Gasteiger partial charge in [-0.1, -0.05) is 94.6 Å². The van der Waals surface area contributed by atoms with Gasteiger partial charge in [0.15, 0.2) is 6.29 Å². The zero-order valence-corrected chi connectivity index (χ0v) is 23.2. The van der Waals surface area contributed by atoms with Crippen LogP contribution in [0.1, 0.15) is 122 Å². The Morgan fingerprint density at radius 1 is 1.00 bits per heavy atom. The number of nitrogens with zero attached hydrogens (tertiary/aromatic N) is 1. The lowest BCUT2D eigenvalue weighted by molar-refractivity contribution is -0.136. The highest BCUT2D eigenvalue weighted by Gasteiger charge is 2.33. The molecule has 0 radical (unpaired) electrons. The zero-order valence-electron chi connectivity index (χ0n) is 23.2. The lowest BCUT2D eigenvalue weighted by Gasteiger charge is -2.30. The summed E-state index contributed by atoms with van der Waals surface area (Å²) in [5, 5.41) is 5.06. The maximum Gasteiger partial charge on any atom is 0.255 e. The quantitative estimate of drug-likeness (QED) is 0.357. The summed E-state index contributed by atoms with van der Waals surface area (Å²) >= 11 is 0. The number of rotatable bonds is 4. The van der Waals surface area contributed by atoms with Gasteiger partial charge in [-0.25, -0.2) is 0 Å². The number of piperidine rings is 1. The van der Waals surface area contributed by atoms with E-state index in [2.05, 4.69) is 66.0 Å². The third-order valence-electron chi connectivity index (χ3n) is 3.72. The van der Waals surface area contributed by atoms with Gasteiger partial charge in [0.25, 0.3) is 5.91 Å². The van der Waals surface area contributed by atoms with Gasteiger partial charge < -0.3 is 10.2 Å². The fourth-order valence-electron chi connectivity index (χ4n) is 2.48. The lowest BCUT2D eigenvalue weighted by Crippen LogP contribution is -2.53. The summed E-state index contributed by atoms with van der Waals surface area (Å²) < 4.78 is 0. The van der Waals surface area contributed by atoms with Crippen molar-refractivity contribution in [3.63, 3.8) is 0 Å². The second-order valence-corrected chi connectivity index (χ2v) is 7.85. The SMILES string of the molecule is C.CCC.CCC.CCC.CCC.CNc1cccc(C(=O)N(C)C2CCC(=O)NC2=O)c1C=O. The van der Waals surface area contributed by atoms with Gasteiger partial charge in [0, 0.05) is 26.2 Å². The van der Waals surface area contributed by atoms with Crippen molar-refractivity contribution in [2.45, 2.75) is 107 Å². The van der Waals surface area contributed by atoms with Crippen LogP contribution < -0.4 is 10.6 Å². The van der Waals surface area contributed by atoms with Crippen molar-refractivity contribution in [1.29, 1.82) is 0 Å². The molecule has 1 saturated heterocycles. The zero-order chi connectivity index (χ0) is 27.1. The molecule has 1 heterocycles. The maximum atomic E-state index is 12.6. The van der Waals surface area contributed by atoms with Crippen LogP contribution in [0.15, 0.2) is 18.2 Å². The van der Waals surface area contributed by atoms with E-state index in [-0.39, 0.29) is 37.3 Å². The van der Waals surface area contributed by atoms with Crippen LogP contribution in [0.2, 0.25) is 0 Å². The van der Waals surface area contributed by atoms with Crippen molar-refractivity contribution in [3.8, 4) is 0 Å². The van der Waals surface area contributed by atoms with Crippen molar-refractivity contribution in [2.75, 3.05) is 19.4 Å². The first-order valence-electron chi connectivity index (χ1n) is 12.5. The van der Waals surface area contributed by atoms with Gasteiger partial charge in [0.05, 0.1) is 11.1 Å². The second kappa shape index (κ2) is 25.9. The fraction of sp³-hybridized carbons (Fsp3) is 0.643. The average molecular weight is 496 g/mol. The summed E-state index contributed by atoms with van der Waals surface area (Å²) in [6.45, 7) is 17.0. The van der Waals surface area contributed by atoms with Gasteiger partial charge in [-0.2, -0.15) is 0 Å². The minimum Gasteiger partial charge on any atom is -0.388 e. The molecule has 0 aliphatic carbocycles. The van der Waals surface area contributed by atoms with Crippen LogP contribution in [0.25, 0.3) is 0 Å². The normalized spacial score (nSPS) is 13.1. The Hall–Kier alpha value is -2.70. The number of nitrogens with one attached hydrogen (secondary N) is 2. The average Bonchev–Trinajstić information content (AvgIpc) is 2.79. The van der Waals surface area contributed by atoms with Crippen molar-refractivity contribution < 1.29 is 19.2 Å². The molecule has 1 aliphatic rings. The Labute approximate surface area is 215 Å². The highest BCUT2D eigenvalue weighted by atomic mass is 16.2. The van der Waals surface area contributed by atoms with Crippen LogP contribution >= 0.6 is 0 Å². The standard InChI is InChI=1S/C15H17N3O4.4C3H8.CH4/c1-16-11-5-3-4-9(10(11)8-19)15(22)18(2)12-6-7-13(20)17-14(12)21;4*1-3-2;/h3-5,8,12,16H,6-7H2,1-2H3,(H,17,20,21);4*3H2,1-2H3;1H4. The number of carbonyl (C=O) groups is 4. The Bertz CT molecular complexity index is 697. The molecular formula is C28H53N3O4. The number of imide groups is 1. The topological polar surface area (TPSA) is 95.6 Å². The minimum absolute atomic E-state index is 0. The van der Waals surface area contributed by atoms with Gasteiger partial charge in [0.2, 0.25) is 11.8 Å². The Morgan fingerprint density at radius 2 is 1.46 bits per heavy atom. The van der Waals surface area contributed by atoms with E-state index in [0.717, 1.165) is 0 Å². The van der Waals surface area contributed by atoms with Crippen LogP contribution in [0.3, 0.4) is 0 Å². The number of hydrogen-bond acceptors (Lipinski definition) is 5. The van der Waals surface area contributed by atoms with E-state index in [1.807, 2.05) is 0 Å². The molecule has 1 atom stereocenters. The number of carbonyl (C=O) groups excluding carboxylic acids is 4. The first kappa shape index (κ1) is 39.5. The molecule has 0 bridgehead atoms. The number of hydrogen-bond donors (Lipinski definition) is 2. The molecule has 0 saturated carbocycles. The van der Waals surface area contributed by atoms with Crippen molar-refractivity contribution in [3.05, 3.63) is 29.3 Å². The highest BCUT2D eigenvalue weighted by molar-refractivity contribution is 6.07. The predicted octanol–water partition coefficient (Wildman–Crippen LogP) is 6.72. The third-order valence-corrected chi connectivity index (χ3v) is 3.72. The molecule has 35 heavy (non-hydrogen) atoms. The largest absolute Gasteiger partial charge is 0.388 e. The second-order valence-electron chi connectivity index (χ2n) is 7.85. The Balaban J connectivity index is -0.000000313. The molecule has 0 aromatic heterocycles. The van der Waals surface area contributed by atoms with Gasteiger partial charge >= 0.3 is 0 Å². The third kappa shape index (κ3) is 16.5. The number of aldehydes is 1. The summed E-state index contributed by atoms with van der Waals surface area (Å²) in [6, 6.07) is 4.16. The predicted molar refractivity (Wildman–Crippen MR) is 150 cm³/mol. The van der Waals surface area contributed by atoms with Crippen LogP contribution in [0.5, 0.6) is 0 Å². The molecule has 1 unspecified atom stereocenters. The molecule has 0 spiro atoms. The molecule has 2 N–H and O–H groups in total. The minimum atomic E-state index is -0.719. The molecule has 1 fully saturated rings. The monoisotopic (exact) mass is 495 g/mol. The maximum absolute atomic E-state index is 12.6. The van der Waals surface area contributed by atoms with E-state index in [1.54, 1.807) is 19.2 Å². The molecule has 7 heteroatoms. The van der Waals surface area contributed by atoms with Crippen molar-refractivity contribution in [2.24, 2.45) is 0 Å². The van der Waals surface area contributed by atoms with Crippen LogP contribution in [-0.2, 0) is 9.59 Å². The number of benzene rings is 1. The summed E-state index contributed by atoms with van der Waals surface area (Å²) in [7, 11) is 3.14. The molecule has 1 aliphatic heterocycles. The van der Waals surface area contributed by atoms with Crippen LogP contribution in [0.4, 0.5) is 5.69 Å². The van der Waals surface area contributed by atoms with E-state index in [9.17, 15) is 19.2 Å². The van der Waals surface area contributed by atoms with Gasteiger partial charge in [0.1, 0.15) is 6.04 Å². The first-order chi connectivity index (χ1) is 16.1. The molecule has 3 amide bonds. The number of anilines is 1. The van der Waals surface area contributed by atoms with Crippen LogP contribution in [-0.4, -0.2) is 49.0 Å². The Morgan fingerprint density at radius 3 is 1.83 bits per heavy atom. The summed E-state index contributed by atoms with van der Waals surface area (Å²) in [5.41, 5.74) is 1.00. The molecule has 7 nitrogen and oxygen atoms in total. The molecular weight excluding hydrogens is 442 g/mol. The van der Waals surface area contributed by atoms with Gasteiger partial charge in [-0.05, 0) is 18.6 Å². The highest BCUT2D eigenvalue weighted by Crippen LogP contribution is 2.21. The smallest absolute Gasteiger partial charge is 0.255 e. The number of likely N-dealkylation sites (N-methyl/N-ethyl adjacent to an activating group) is 1. The van der Waals surface area contributed by atoms with E-state index in [4.69, 9.17) is 0 Å². The van der Waals surface area contributed by atoms with Crippen molar-refractivity contribution in [1.82, 2.24) is 10.2 Å². The number of amides is 3. The molecule has 2 rings (SSSR count). The van der Waals surface area contributed by atoms with Crippen LogP contribution in [0, 0.1) is 0 Å². The lowest BCUT2D eigenvalue weighted by atomic mass is 10.0.